The van der Waals surface area contributed by atoms with E-state index in [0.29, 0.717) is 5.69 Å². The summed E-state index contributed by atoms with van der Waals surface area (Å²) in [7, 11) is 0. The zero-order valence-electron chi connectivity index (χ0n) is 8.84. The van der Waals surface area contributed by atoms with Crippen molar-refractivity contribution in [2.75, 3.05) is 5.32 Å². The lowest BCUT2D eigenvalue weighted by atomic mass is 10.2. The molecule has 2 aromatic rings. The van der Waals surface area contributed by atoms with Crippen LogP contribution in [0, 0.1) is 0 Å². The highest BCUT2D eigenvalue weighted by Crippen LogP contribution is 2.17. The fourth-order valence-corrected chi connectivity index (χ4v) is 1.36. The molecule has 2 rings (SSSR count). The number of carbonyl (C=O) groups excluding carboxylic acids is 1. The van der Waals surface area contributed by atoms with E-state index in [-0.39, 0.29) is 5.91 Å². The van der Waals surface area contributed by atoms with Crippen LogP contribution in [0.2, 0.25) is 0 Å². The number of rotatable bonds is 2. The first-order chi connectivity index (χ1) is 7.75. The van der Waals surface area contributed by atoms with Crippen LogP contribution in [0.1, 0.15) is 6.92 Å². The second-order valence-corrected chi connectivity index (χ2v) is 3.35. The van der Waals surface area contributed by atoms with Gasteiger partial charge in [0.2, 0.25) is 5.91 Å². The molecule has 0 saturated carbocycles. The van der Waals surface area contributed by atoms with Gasteiger partial charge in [-0.3, -0.25) is 14.8 Å². The number of amides is 1. The number of carbonyl (C=O) groups is 1. The number of nitrogens with one attached hydrogen (secondary N) is 1. The highest BCUT2D eigenvalue weighted by Gasteiger charge is 1.99. The third kappa shape index (κ3) is 2.42. The fraction of sp³-hybridized carbons (Fsp3) is 0.0833. The normalized spacial score (nSPS) is 9.81. The molecule has 0 aliphatic rings. The molecule has 0 unspecified atom stereocenters. The first-order valence-electron chi connectivity index (χ1n) is 4.90. The Morgan fingerprint density at radius 1 is 1.19 bits per heavy atom. The summed E-state index contributed by atoms with van der Waals surface area (Å²) >= 11 is 0. The Morgan fingerprint density at radius 3 is 2.50 bits per heavy atom. The molecule has 1 amide bonds. The van der Waals surface area contributed by atoms with Crippen molar-refractivity contribution in [1.29, 1.82) is 0 Å². The Kier molecular flexibility index (Phi) is 2.91. The smallest absolute Gasteiger partial charge is 0.221 e. The molecule has 0 radical (unpaired) electrons. The van der Waals surface area contributed by atoms with Crippen molar-refractivity contribution in [3.05, 3.63) is 42.9 Å². The molecule has 0 aliphatic heterocycles. The molecule has 4 heteroatoms. The summed E-state index contributed by atoms with van der Waals surface area (Å²) in [6.07, 6.45) is 5.08. The minimum absolute atomic E-state index is 0.0986. The maximum absolute atomic E-state index is 10.8. The standard InChI is InChI=1S/C12H11N3O/c1-9(16)15-11-2-3-12(14-8-11)10-4-6-13-7-5-10/h2-8H,1H3,(H,15,16). The summed E-state index contributed by atoms with van der Waals surface area (Å²) in [5.41, 5.74) is 2.56. The van der Waals surface area contributed by atoms with Crippen molar-refractivity contribution >= 4 is 11.6 Å². The largest absolute Gasteiger partial charge is 0.325 e. The number of aromatic nitrogens is 2. The molecule has 0 aromatic carbocycles. The van der Waals surface area contributed by atoms with Crippen LogP contribution in [-0.2, 0) is 4.79 Å². The SMILES string of the molecule is CC(=O)Nc1ccc(-c2ccncc2)nc1. The molecule has 0 atom stereocenters. The van der Waals surface area contributed by atoms with Crippen molar-refractivity contribution in [3.8, 4) is 11.3 Å². The van der Waals surface area contributed by atoms with Crippen molar-refractivity contribution in [2.24, 2.45) is 0 Å². The van der Waals surface area contributed by atoms with Gasteiger partial charge in [0, 0.05) is 24.9 Å². The van der Waals surface area contributed by atoms with Crippen molar-refractivity contribution in [3.63, 3.8) is 0 Å². The van der Waals surface area contributed by atoms with Crippen LogP contribution < -0.4 is 5.32 Å². The van der Waals surface area contributed by atoms with E-state index >= 15 is 0 Å². The number of pyridine rings is 2. The van der Waals surface area contributed by atoms with Gasteiger partial charge in [-0.05, 0) is 24.3 Å². The molecule has 0 fully saturated rings. The van der Waals surface area contributed by atoms with Gasteiger partial charge in [-0.2, -0.15) is 0 Å². The summed E-state index contributed by atoms with van der Waals surface area (Å²) in [6, 6.07) is 7.46. The first-order valence-corrected chi connectivity index (χ1v) is 4.90. The van der Waals surface area contributed by atoms with E-state index in [2.05, 4.69) is 15.3 Å². The van der Waals surface area contributed by atoms with Crippen molar-refractivity contribution in [1.82, 2.24) is 9.97 Å². The van der Waals surface area contributed by atoms with Gasteiger partial charge < -0.3 is 5.32 Å². The highest BCUT2D eigenvalue weighted by molar-refractivity contribution is 5.88. The quantitative estimate of drug-likeness (QED) is 0.831. The van der Waals surface area contributed by atoms with Crippen LogP contribution in [0.15, 0.2) is 42.9 Å². The topological polar surface area (TPSA) is 54.9 Å². The van der Waals surface area contributed by atoms with Crippen LogP contribution in [0.4, 0.5) is 5.69 Å². The monoisotopic (exact) mass is 213 g/mol. The number of hydrogen-bond donors (Lipinski definition) is 1. The highest BCUT2D eigenvalue weighted by atomic mass is 16.1. The lowest BCUT2D eigenvalue weighted by Gasteiger charge is -2.03. The van der Waals surface area contributed by atoms with Crippen LogP contribution >= 0.6 is 0 Å². The predicted molar refractivity (Wildman–Crippen MR) is 61.8 cm³/mol. The average Bonchev–Trinajstić information content (AvgIpc) is 2.30. The average molecular weight is 213 g/mol. The zero-order chi connectivity index (χ0) is 11.4. The molecule has 2 heterocycles. The fourth-order valence-electron chi connectivity index (χ4n) is 1.36. The molecule has 1 N–H and O–H groups in total. The second-order valence-electron chi connectivity index (χ2n) is 3.35. The van der Waals surface area contributed by atoms with Crippen molar-refractivity contribution in [2.45, 2.75) is 6.92 Å². The molecule has 0 saturated heterocycles. The van der Waals surface area contributed by atoms with Gasteiger partial charge in [0.15, 0.2) is 0 Å². The van der Waals surface area contributed by atoms with Gasteiger partial charge in [-0.25, -0.2) is 0 Å². The maximum Gasteiger partial charge on any atom is 0.221 e. The van der Waals surface area contributed by atoms with Crippen LogP contribution in [0.3, 0.4) is 0 Å². The van der Waals surface area contributed by atoms with Gasteiger partial charge in [-0.1, -0.05) is 0 Å². The lowest BCUT2D eigenvalue weighted by molar-refractivity contribution is -0.114. The molecule has 2 aromatic heterocycles. The lowest BCUT2D eigenvalue weighted by Crippen LogP contribution is -2.05. The summed E-state index contributed by atoms with van der Waals surface area (Å²) in [6.45, 7) is 1.47. The molecule has 4 nitrogen and oxygen atoms in total. The summed E-state index contributed by atoms with van der Waals surface area (Å²) in [5.74, 6) is -0.0986. The Balaban J connectivity index is 2.23. The van der Waals surface area contributed by atoms with E-state index in [4.69, 9.17) is 0 Å². The third-order valence-electron chi connectivity index (χ3n) is 2.06. The third-order valence-corrected chi connectivity index (χ3v) is 2.06. The van der Waals surface area contributed by atoms with Crippen LogP contribution in [-0.4, -0.2) is 15.9 Å². The second kappa shape index (κ2) is 4.53. The van der Waals surface area contributed by atoms with Crippen molar-refractivity contribution < 1.29 is 4.79 Å². The summed E-state index contributed by atoms with van der Waals surface area (Å²) < 4.78 is 0. The van der Waals surface area contributed by atoms with Gasteiger partial charge in [0.1, 0.15) is 0 Å². The number of anilines is 1. The first kappa shape index (κ1) is 10.3. The van der Waals surface area contributed by atoms with Gasteiger partial charge >= 0.3 is 0 Å². The molecular weight excluding hydrogens is 202 g/mol. The summed E-state index contributed by atoms with van der Waals surface area (Å²) in [5, 5.41) is 2.67. The number of nitrogens with zero attached hydrogens (tertiary/aromatic N) is 2. The Hall–Kier alpha value is -2.23. The zero-order valence-corrected chi connectivity index (χ0v) is 8.84. The molecule has 80 valence electrons. The number of hydrogen-bond acceptors (Lipinski definition) is 3. The molecule has 0 aliphatic carbocycles. The predicted octanol–water partition coefficient (Wildman–Crippen LogP) is 2.10. The minimum atomic E-state index is -0.0986. The maximum atomic E-state index is 10.8. The molecule has 16 heavy (non-hydrogen) atoms. The van der Waals surface area contributed by atoms with E-state index in [9.17, 15) is 4.79 Å². The van der Waals surface area contributed by atoms with Crippen LogP contribution in [0.5, 0.6) is 0 Å². The van der Waals surface area contributed by atoms with Gasteiger partial charge in [0.05, 0.1) is 17.6 Å². The Labute approximate surface area is 93.4 Å². The molecular formula is C12H11N3O. The Morgan fingerprint density at radius 2 is 1.94 bits per heavy atom. The van der Waals surface area contributed by atoms with E-state index in [0.717, 1.165) is 11.3 Å². The Bertz CT molecular complexity index is 479. The van der Waals surface area contributed by atoms with Gasteiger partial charge in [-0.15, -0.1) is 0 Å². The van der Waals surface area contributed by atoms with E-state index in [1.807, 2.05) is 24.3 Å². The van der Waals surface area contributed by atoms with E-state index in [1.54, 1.807) is 18.6 Å². The molecule has 0 bridgehead atoms. The van der Waals surface area contributed by atoms with E-state index < -0.39 is 0 Å². The van der Waals surface area contributed by atoms with Crippen LogP contribution in [0.25, 0.3) is 11.3 Å². The van der Waals surface area contributed by atoms with E-state index in [1.165, 1.54) is 6.92 Å². The minimum Gasteiger partial charge on any atom is -0.325 e. The van der Waals surface area contributed by atoms with Gasteiger partial charge in [0.25, 0.3) is 0 Å². The summed E-state index contributed by atoms with van der Waals surface area (Å²) in [4.78, 5) is 19.0. The molecule has 0 spiro atoms.